The normalized spacial score (nSPS) is 12.4. The molecule has 1 aromatic heterocycles. The number of unbranched alkanes of at least 4 members (excludes halogenated alkanes) is 1. The summed E-state index contributed by atoms with van der Waals surface area (Å²) in [5.41, 5.74) is 0.830. The van der Waals surface area contributed by atoms with E-state index in [9.17, 15) is 5.11 Å². The van der Waals surface area contributed by atoms with Crippen LogP contribution in [0.4, 0.5) is 0 Å². The van der Waals surface area contributed by atoms with Crippen molar-refractivity contribution in [3.05, 3.63) is 48.0 Å². The van der Waals surface area contributed by atoms with Gasteiger partial charge in [0.2, 0.25) is 0 Å². The minimum absolute atomic E-state index is 0. The van der Waals surface area contributed by atoms with Gasteiger partial charge in [-0.05, 0) is 58.2 Å². The molecule has 0 bridgehead atoms. The van der Waals surface area contributed by atoms with Gasteiger partial charge in [0, 0.05) is 32.0 Å². The number of hydrogen-bond acceptors (Lipinski definition) is 4. The average molecular weight is 529 g/mol. The number of ether oxygens (including phenoxy) is 1. The van der Waals surface area contributed by atoms with Gasteiger partial charge in [-0.25, -0.2) is 4.98 Å². The smallest absolute Gasteiger partial charge is 0.191 e. The number of aliphatic hydroxyl groups excluding tert-OH is 1. The summed E-state index contributed by atoms with van der Waals surface area (Å²) in [4.78, 5) is 8.76. The van der Waals surface area contributed by atoms with Crippen molar-refractivity contribution >= 4 is 29.9 Å². The molecule has 0 aliphatic carbocycles. The summed E-state index contributed by atoms with van der Waals surface area (Å²) in [6.45, 7) is 10.9. The molecule has 168 valence electrons. The minimum atomic E-state index is -0.650. The van der Waals surface area contributed by atoms with Crippen molar-refractivity contribution in [2.24, 2.45) is 4.99 Å². The molecule has 2 aromatic rings. The zero-order valence-electron chi connectivity index (χ0n) is 18.5. The number of aryl methyl sites for hydroxylation is 2. The Hall–Kier alpha value is -1.81. The molecule has 0 aliphatic rings. The topological polar surface area (TPSA) is 83.7 Å². The molecule has 0 spiro atoms. The highest BCUT2D eigenvalue weighted by Crippen LogP contribution is 2.19. The number of aliphatic hydroxyl groups is 1. The third kappa shape index (κ3) is 9.34. The van der Waals surface area contributed by atoms with Crippen molar-refractivity contribution < 1.29 is 9.84 Å². The van der Waals surface area contributed by atoms with E-state index in [1.54, 1.807) is 0 Å². The molecule has 0 radical (unpaired) electrons. The van der Waals surface area contributed by atoms with Crippen LogP contribution in [0.5, 0.6) is 5.75 Å². The van der Waals surface area contributed by atoms with E-state index in [1.165, 1.54) is 0 Å². The molecular formula is C22H36IN5O2. The van der Waals surface area contributed by atoms with Gasteiger partial charge < -0.3 is 25.0 Å². The summed E-state index contributed by atoms with van der Waals surface area (Å²) in [5.74, 6) is 2.58. The van der Waals surface area contributed by atoms with Crippen LogP contribution < -0.4 is 15.4 Å². The van der Waals surface area contributed by atoms with Gasteiger partial charge in [0.1, 0.15) is 11.6 Å². The van der Waals surface area contributed by atoms with Gasteiger partial charge in [-0.2, -0.15) is 0 Å². The molecule has 0 aliphatic heterocycles. The Kier molecular flexibility index (Phi) is 12.4. The first-order valence-corrected chi connectivity index (χ1v) is 10.4. The monoisotopic (exact) mass is 529 g/mol. The summed E-state index contributed by atoms with van der Waals surface area (Å²) in [6.07, 6.45) is 5.42. The second kappa shape index (κ2) is 14.2. The molecule has 0 saturated carbocycles. The molecule has 2 rings (SSSR count). The van der Waals surface area contributed by atoms with Crippen LogP contribution in [0.25, 0.3) is 0 Å². The largest absolute Gasteiger partial charge is 0.491 e. The van der Waals surface area contributed by atoms with Crippen LogP contribution in [0.2, 0.25) is 0 Å². The van der Waals surface area contributed by atoms with Crippen LogP contribution in [0.15, 0.2) is 41.7 Å². The number of benzene rings is 1. The highest BCUT2D eigenvalue weighted by Gasteiger charge is 2.08. The quantitative estimate of drug-likeness (QED) is 0.179. The molecule has 8 heteroatoms. The van der Waals surface area contributed by atoms with E-state index < -0.39 is 6.10 Å². The maximum absolute atomic E-state index is 10.4. The Morgan fingerprint density at radius 1 is 1.20 bits per heavy atom. The predicted octanol–water partition coefficient (Wildman–Crippen LogP) is 3.67. The first-order valence-electron chi connectivity index (χ1n) is 10.4. The van der Waals surface area contributed by atoms with Gasteiger partial charge in [0.15, 0.2) is 5.96 Å². The maximum atomic E-state index is 10.4. The van der Waals surface area contributed by atoms with E-state index in [2.05, 4.69) is 25.2 Å². The van der Waals surface area contributed by atoms with E-state index in [1.807, 2.05) is 64.4 Å². The fourth-order valence-corrected chi connectivity index (χ4v) is 2.92. The van der Waals surface area contributed by atoms with E-state index >= 15 is 0 Å². The summed E-state index contributed by atoms with van der Waals surface area (Å²) in [7, 11) is 0. The first-order chi connectivity index (χ1) is 14.0. The molecule has 0 saturated heterocycles. The van der Waals surface area contributed by atoms with Crippen molar-refractivity contribution in [1.82, 2.24) is 20.2 Å². The molecule has 0 fully saturated rings. The number of halogens is 1. The Morgan fingerprint density at radius 3 is 2.53 bits per heavy atom. The van der Waals surface area contributed by atoms with Crippen molar-refractivity contribution in [3.63, 3.8) is 0 Å². The van der Waals surface area contributed by atoms with Crippen LogP contribution in [-0.2, 0) is 6.54 Å². The zero-order valence-corrected chi connectivity index (χ0v) is 20.8. The summed E-state index contributed by atoms with van der Waals surface area (Å²) in [6, 6.07) is 7.54. The van der Waals surface area contributed by atoms with Crippen molar-refractivity contribution in [3.8, 4) is 5.75 Å². The number of rotatable bonds is 11. The molecule has 3 N–H and O–H groups in total. The molecule has 1 atom stereocenters. The lowest BCUT2D eigenvalue weighted by atomic mass is 10.1. The van der Waals surface area contributed by atoms with Crippen LogP contribution in [-0.4, -0.2) is 46.4 Å². The lowest BCUT2D eigenvalue weighted by Gasteiger charge is -2.14. The second-order valence-electron chi connectivity index (χ2n) is 7.27. The number of imidazole rings is 1. The molecule has 1 unspecified atom stereocenters. The van der Waals surface area contributed by atoms with Gasteiger partial charge in [-0.3, -0.25) is 4.99 Å². The van der Waals surface area contributed by atoms with Crippen molar-refractivity contribution in [2.75, 3.05) is 19.6 Å². The summed E-state index contributed by atoms with van der Waals surface area (Å²) in [5, 5.41) is 17.0. The number of hydrogen-bond donors (Lipinski definition) is 3. The Bertz CT molecular complexity index is 746. The van der Waals surface area contributed by atoms with E-state index in [-0.39, 0.29) is 30.1 Å². The van der Waals surface area contributed by atoms with Crippen LogP contribution in [0.1, 0.15) is 51.1 Å². The number of nitrogens with zero attached hydrogens (tertiary/aromatic N) is 3. The van der Waals surface area contributed by atoms with E-state index in [0.717, 1.165) is 55.6 Å². The van der Waals surface area contributed by atoms with Gasteiger partial charge in [-0.1, -0.05) is 12.1 Å². The number of nitrogens with one attached hydrogen (secondary N) is 2. The van der Waals surface area contributed by atoms with Crippen LogP contribution >= 0.6 is 24.0 Å². The van der Waals surface area contributed by atoms with Gasteiger partial charge in [-0.15, -0.1) is 24.0 Å². The van der Waals surface area contributed by atoms with Crippen molar-refractivity contribution in [1.29, 1.82) is 0 Å². The minimum Gasteiger partial charge on any atom is -0.491 e. The fourth-order valence-electron chi connectivity index (χ4n) is 2.92. The molecular weight excluding hydrogens is 493 g/mol. The molecule has 7 nitrogen and oxygen atoms in total. The van der Waals surface area contributed by atoms with Crippen LogP contribution in [0.3, 0.4) is 0 Å². The Morgan fingerprint density at radius 2 is 1.93 bits per heavy atom. The molecule has 30 heavy (non-hydrogen) atoms. The van der Waals surface area contributed by atoms with E-state index in [0.29, 0.717) is 6.54 Å². The third-order valence-electron chi connectivity index (χ3n) is 4.45. The average Bonchev–Trinajstić information content (AvgIpc) is 3.10. The lowest BCUT2D eigenvalue weighted by Crippen LogP contribution is -2.38. The van der Waals surface area contributed by atoms with Crippen LogP contribution in [0, 0.1) is 6.92 Å². The molecule has 0 amide bonds. The predicted molar refractivity (Wildman–Crippen MR) is 133 cm³/mol. The number of guanidine groups is 1. The van der Waals surface area contributed by atoms with Gasteiger partial charge in [0.25, 0.3) is 0 Å². The molecule has 1 heterocycles. The van der Waals surface area contributed by atoms with Gasteiger partial charge >= 0.3 is 0 Å². The zero-order chi connectivity index (χ0) is 21.1. The number of aromatic nitrogens is 2. The van der Waals surface area contributed by atoms with Crippen molar-refractivity contribution in [2.45, 2.75) is 59.3 Å². The fraction of sp³-hybridized carbons (Fsp3) is 0.545. The maximum Gasteiger partial charge on any atom is 0.191 e. The second-order valence-corrected chi connectivity index (χ2v) is 7.27. The summed E-state index contributed by atoms with van der Waals surface area (Å²) < 4.78 is 7.80. The third-order valence-corrected chi connectivity index (χ3v) is 4.45. The Labute approximate surface area is 197 Å². The van der Waals surface area contributed by atoms with Gasteiger partial charge in [0.05, 0.1) is 18.8 Å². The summed E-state index contributed by atoms with van der Waals surface area (Å²) >= 11 is 0. The van der Waals surface area contributed by atoms with E-state index in [4.69, 9.17) is 4.74 Å². The lowest BCUT2D eigenvalue weighted by molar-refractivity contribution is 0.186. The SMILES string of the molecule is CCNC(=NCC(O)c1ccc(OC(C)C)cc1)NCCCCn1ccnc1C.I. The highest BCUT2D eigenvalue weighted by molar-refractivity contribution is 14.0. The molecule has 1 aromatic carbocycles. The highest BCUT2D eigenvalue weighted by atomic mass is 127. The Balaban J connectivity index is 0.00000450. The standard InChI is InChI=1S/C22H35N5O2.HI/c1-5-23-22(25-12-6-7-14-27-15-13-24-18(27)4)26-16-21(28)19-8-10-20(11-9-19)29-17(2)3;/h8-11,13,15,17,21,28H,5-7,12,14,16H2,1-4H3,(H2,23,25,26);1H. The first kappa shape index (κ1) is 26.2. The number of aliphatic imine (C=N–C) groups is 1.